The van der Waals surface area contributed by atoms with Gasteiger partial charge in [0.1, 0.15) is 0 Å². The molecule has 1 aromatic carbocycles. The zero-order valence-corrected chi connectivity index (χ0v) is 15.0. The highest BCUT2D eigenvalue weighted by atomic mass is 16.3. The summed E-state index contributed by atoms with van der Waals surface area (Å²) in [6, 6.07) is 8.55. The van der Waals surface area contributed by atoms with Gasteiger partial charge in [-0.3, -0.25) is 14.6 Å². The van der Waals surface area contributed by atoms with Gasteiger partial charge in [-0.2, -0.15) is 0 Å². The fraction of sp³-hybridized carbons (Fsp3) is 0.632. The third kappa shape index (κ3) is 5.42. The molecule has 0 radical (unpaired) electrons. The molecule has 2 saturated heterocycles. The van der Waals surface area contributed by atoms with Crippen molar-refractivity contribution in [3.05, 3.63) is 29.8 Å². The van der Waals surface area contributed by atoms with Crippen molar-refractivity contribution in [2.24, 2.45) is 0 Å². The van der Waals surface area contributed by atoms with E-state index in [-0.39, 0.29) is 12.5 Å². The molecule has 0 aliphatic carbocycles. The van der Waals surface area contributed by atoms with Crippen LogP contribution in [-0.4, -0.2) is 79.8 Å². The smallest absolute Gasteiger partial charge is 0.234 e. The van der Waals surface area contributed by atoms with E-state index in [2.05, 4.69) is 44.3 Å². The summed E-state index contributed by atoms with van der Waals surface area (Å²) in [4.78, 5) is 19.0. The number of β-amino-alcohol motifs (C(OH)–C–C–N with tert-alkyl or cyclic N) is 1. The fourth-order valence-electron chi connectivity index (χ4n) is 3.57. The van der Waals surface area contributed by atoms with Crippen molar-refractivity contribution in [3.8, 4) is 0 Å². The number of aliphatic hydroxyl groups is 1. The number of benzene rings is 1. The van der Waals surface area contributed by atoms with Gasteiger partial charge < -0.3 is 15.3 Å². The van der Waals surface area contributed by atoms with Gasteiger partial charge in [-0.15, -0.1) is 0 Å². The Morgan fingerprint density at radius 1 is 0.960 bits per heavy atom. The molecular formula is C19H30N4O2. The van der Waals surface area contributed by atoms with Crippen LogP contribution in [0.25, 0.3) is 0 Å². The van der Waals surface area contributed by atoms with Gasteiger partial charge in [0.2, 0.25) is 5.91 Å². The Bertz CT molecular complexity index is 535. The highest BCUT2D eigenvalue weighted by molar-refractivity contribution is 5.78. The van der Waals surface area contributed by atoms with E-state index in [9.17, 15) is 4.79 Å². The standard InChI is InChI=1S/C19H30N4O2/c24-14-13-21-9-11-22(12-10-21)16-19(25)20-15-17-3-5-18(6-4-17)23-7-1-2-8-23/h3-6,24H,1-2,7-16H2,(H,20,25). The third-order valence-corrected chi connectivity index (χ3v) is 5.15. The number of nitrogens with one attached hydrogen (secondary N) is 1. The summed E-state index contributed by atoms with van der Waals surface area (Å²) < 4.78 is 0. The number of rotatable bonds is 7. The monoisotopic (exact) mass is 346 g/mol. The molecule has 0 atom stereocenters. The van der Waals surface area contributed by atoms with Gasteiger partial charge in [0, 0.05) is 58.0 Å². The molecule has 2 heterocycles. The second-order valence-corrected chi connectivity index (χ2v) is 6.98. The Morgan fingerprint density at radius 2 is 1.60 bits per heavy atom. The van der Waals surface area contributed by atoms with E-state index in [1.807, 2.05) is 0 Å². The molecule has 0 spiro atoms. The maximum absolute atomic E-state index is 12.2. The van der Waals surface area contributed by atoms with Crippen LogP contribution in [0.4, 0.5) is 5.69 Å². The quantitative estimate of drug-likeness (QED) is 0.754. The Hall–Kier alpha value is -1.63. The number of carbonyl (C=O) groups excluding carboxylic acids is 1. The predicted octanol–water partition coefficient (Wildman–Crippen LogP) is 0.513. The summed E-state index contributed by atoms with van der Waals surface area (Å²) in [6.07, 6.45) is 2.57. The van der Waals surface area contributed by atoms with Crippen molar-refractivity contribution < 1.29 is 9.90 Å². The molecule has 0 bridgehead atoms. The van der Waals surface area contributed by atoms with Crippen LogP contribution < -0.4 is 10.2 Å². The zero-order chi connectivity index (χ0) is 17.5. The first-order chi connectivity index (χ1) is 12.2. The molecule has 3 rings (SSSR count). The normalized spacial score (nSPS) is 19.3. The van der Waals surface area contributed by atoms with Crippen LogP contribution in [0.2, 0.25) is 0 Å². The van der Waals surface area contributed by atoms with Gasteiger partial charge in [-0.05, 0) is 30.5 Å². The number of hydrogen-bond acceptors (Lipinski definition) is 5. The number of nitrogens with zero attached hydrogens (tertiary/aromatic N) is 3. The lowest BCUT2D eigenvalue weighted by atomic mass is 10.2. The van der Waals surface area contributed by atoms with Crippen molar-refractivity contribution in [3.63, 3.8) is 0 Å². The molecule has 1 amide bonds. The van der Waals surface area contributed by atoms with E-state index in [0.717, 1.165) is 51.4 Å². The van der Waals surface area contributed by atoms with Crippen LogP contribution in [0.15, 0.2) is 24.3 Å². The minimum absolute atomic E-state index is 0.0826. The van der Waals surface area contributed by atoms with E-state index >= 15 is 0 Å². The Kier molecular flexibility index (Phi) is 6.67. The van der Waals surface area contributed by atoms with Crippen molar-refractivity contribution in [2.45, 2.75) is 19.4 Å². The van der Waals surface area contributed by atoms with Crippen molar-refractivity contribution in [1.29, 1.82) is 0 Å². The van der Waals surface area contributed by atoms with Crippen LogP contribution in [0.5, 0.6) is 0 Å². The van der Waals surface area contributed by atoms with Crippen LogP contribution in [-0.2, 0) is 11.3 Å². The van der Waals surface area contributed by atoms with Crippen molar-refractivity contribution in [1.82, 2.24) is 15.1 Å². The number of carbonyl (C=O) groups is 1. The lowest BCUT2D eigenvalue weighted by molar-refractivity contribution is -0.122. The number of anilines is 1. The van der Waals surface area contributed by atoms with Gasteiger partial charge in [0.15, 0.2) is 0 Å². The molecule has 6 nitrogen and oxygen atoms in total. The Morgan fingerprint density at radius 3 is 2.24 bits per heavy atom. The minimum atomic E-state index is 0.0826. The van der Waals surface area contributed by atoms with E-state index < -0.39 is 0 Å². The average Bonchev–Trinajstić information content (AvgIpc) is 3.17. The fourth-order valence-corrected chi connectivity index (χ4v) is 3.57. The van der Waals surface area contributed by atoms with Gasteiger partial charge in [0.25, 0.3) is 0 Å². The van der Waals surface area contributed by atoms with Crippen molar-refractivity contribution >= 4 is 11.6 Å². The average molecular weight is 346 g/mol. The summed E-state index contributed by atoms with van der Waals surface area (Å²) >= 11 is 0. The van der Waals surface area contributed by atoms with Crippen LogP contribution in [0.1, 0.15) is 18.4 Å². The lowest BCUT2D eigenvalue weighted by Crippen LogP contribution is -2.49. The summed E-state index contributed by atoms with van der Waals surface area (Å²) in [5.74, 6) is 0.0826. The third-order valence-electron chi connectivity index (χ3n) is 5.15. The maximum atomic E-state index is 12.2. The number of amides is 1. The summed E-state index contributed by atoms with van der Waals surface area (Å²) in [5, 5.41) is 12.0. The molecule has 0 saturated carbocycles. The van der Waals surface area contributed by atoms with Gasteiger partial charge in [0.05, 0.1) is 13.2 Å². The van der Waals surface area contributed by atoms with Crippen LogP contribution in [0.3, 0.4) is 0 Å². The van der Waals surface area contributed by atoms with Crippen LogP contribution >= 0.6 is 0 Å². The number of piperazine rings is 1. The molecule has 0 aromatic heterocycles. The summed E-state index contributed by atoms with van der Waals surface area (Å²) in [6.45, 7) is 7.91. The summed E-state index contributed by atoms with van der Waals surface area (Å²) in [7, 11) is 0. The first-order valence-corrected chi connectivity index (χ1v) is 9.41. The molecule has 6 heteroatoms. The number of hydrogen-bond donors (Lipinski definition) is 2. The molecule has 25 heavy (non-hydrogen) atoms. The van der Waals surface area contributed by atoms with E-state index in [0.29, 0.717) is 13.1 Å². The van der Waals surface area contributed by atoms with Crippen molar-refractivity contribution in [2.75, 3.05) is 63.9 Å². The Labute approximate surface area is 150 Å². The second kappa shape index (κ2) is 9.17. The van der Waals surface area contributed by atoms with E-state index in [1.54, 1.807) is 0 Å². The predicted molar refractivity (Wildman–Crippen MR) is 99.7 cm³/mol. The number of aliphatic hydroxyl groups excluding tert-OH is 1. The largest absolute Gasteiger partial charge is 0.395 e. The highest BCUT2D eigenvalue weighted by Gasteiger charge is 2.18. The van der Waals surface area contributed by atoms with Gasteiger partial charge >= 0.3 is 0 Å². The van der Waals surface area contributed by atoms with Gasteiger partial charge in [-0.1, -0.05) is 12.1 Å². The van der Waals surface area contributed by atoms with Gasteiger partial charge in [-0.25, -0.2) is 0 Å². The van der Waals surface area contributed by atoms with Crippen LogP contribution in [0, 0.1) is 0 Å². The first-order valence-electron chi connectivity index (χ1n) is 9.41. The molecule has 2 aliphatic rings. The maximum Gasteiger partial charge on any atom is 0.234 e. The summed E-state index contributed by atoms with van der Waals surface area (Å²) in [5.41, 5.74) is 2.43. The molecule has 2 aliphatic heterocycles. The molecule has 2 N–H and O–H groups in total. The molecule has 0 unspecified atom stereocenters. The molecule has 1 aromatic rings. The first kappa shape index (κ1) is 18.2. The zero-order valence-electron chi connectivity index (χ0n) is 15.0. The van der Waals surface area contributed by atoms with E-state index in [4.69, 9.17) is 5.11 Å². The molecule has 138 valence electrons. The Balaban J connectivity index is 1.37. The minimum Gasteiger partial charge on any atom is -0.395 e. The lowest BCUT2D eigenvalue weighted by Gasteiger charge is -2.33. The topological polar surface area (TPSA) is 59.1 Å². The highest BCUT2D eigenvalue weighted by Crippen LogP contribution is 2.20. The SMILES string of the molecule is O=C(CN1CCN(CCO)CC1)NCc1ccc(N2CCCC2)cc1. The second-order valence-electron chi connectivity index (χ2n) is 6.98. The molecular weight excluding hydrogens is 316 g/mol. The molecule has 2 fully saturated rings. The van der Waals surface area contributed by atoms with E-state index in [1.165, 1.54) is 18.5 Å².